The summed E-state index contributed by atoms with van der Waals surface area (Å²) in [7, 11) is 3.59. The molecule has 1 atom stereocenters. The maximum atomic E-state index is 5.65. The highest BCUT2D eigenvalue weighted by Gasteiger charge is 2.20. The van der Waals surface area contributed by atoms with Crippen molar-refractivity contribution in [1.29, 1.82) is 0 Å². The smallest absolute Gasteiger partial charge is 0.193 e. The van der Waals surface area contributed by atoms with Gasteiger partial charge in [0.15, 0.2) is 5.96 Å². The SMILES string of the molecule is CN=C(NCC(OC)c1ccccc1)N1CCN(c2ccccc2)CC1. The number of benzene rings is 2. The van der Waals surface area contributed by atoms with Crippen LogP contribution in [0.5, 0.6) is 0 Å². The van der Waals surface area contributed by atoms with Crippen molar-refractivity contribution >= 4 is 11.6 Å². The molecule has 1 N–H and O–H groups in total. The maximum absolute atomic E-state index is 5.65. The Balaban J connectivity index is 1.53. The van der Waals surface area contributed by atoms with E-state index < -0.39 is 0 Å². The molecule has 0 aromatic heterocycles. The lowest BCUT2D eigenvalue weighted by Crippen LogP contribution is -2.53. The van der Waals surface area contributed by atoms with Crippen molar-refractivity contribution in [3.05, 3.63) is 66.2 Å². The molecule has 0 saturated carbocycles. The van der Waals surface area contributed by atoms with Crippen LogP contribution in [-0.4, -0.2) is 57.7 Å². The third kappa shape index (κ3) is 4.55. The van der Waals surface area contributed by atoms with Crippen molar-refractivity contribution in [2.75, 3.05) is 51.8 Å². The van der Waals surface area contributed by atoms with Crippen molar-refractivity contribution in [2.45, 2.75) is 6.10 Å². The summed E-state index contributed by atoms with van der Waals surface area (Å²) in [6, 6.07) is 20.9. The maximum Gasteiger partial charge on any atom is 0.193 e. The number of piperazine rings is 1. The minimum Gasteiger partial charge on any atom is -0.375 e. The second-order valence-electron chi connectivity index (χ2n) is 6.37. The van der Waals surface area contributed by atoms with Crippen LogP contribution in [0.4, 0.5) is 5.69 Å². The lowest BCUT2D eigenvalue weighted by Gasteiger charge is -2.38. The molecule has 5 heteroatoms. The van der Waals surface area contributed by atoms with Gasteiger partial charge in [0, 0.05) is 52.6 Å². The molecule has 1 unspecified atom stereocenters. The molecule has 1 fully saturated rings. The number of methoxy groups -OCH3 is 1. The van der Waals surface area contributed by atoms with Gasteiger partial charge in [0.05, 0.1) is 6.10 Å². The molecular formula is C21H28N4O. The van der Waals surface area contributed by atoms with Gasteiger partial charge in [-0.25, -0.2) is 0 Å². The first-order valence-electron chi connectivity index (χ1n) is 9.15. The molecule has 0 spiro atoms. The molecular weight excluding hydrogens is 324 g/mol. The first-order chi connectivity index (χ1) is 12.8. The third-order valence-electron chi connectivity index (χ3n) is 4.81. The Morgan fingerprint density at radius 3 is 2.19 bits per heavy atom. The summed E-state index contributed by atoms with van der Waals surface area (Å²) >= 11 is 0. The second-order valence-corrected chi connectivity index (χ2v) is 6.37. The standard InChI is InChI=1S/C21H28N4O/c1-22-21(23-17-20(26-2)18-9-5-3-6-10-18)25-15-13-24(14-16-25)19-11-7-4-8-12-19/h3-12,20H,13-17H2,1-2H3,(H,22,23). The van der Waals surface area contributed by atoms with Gasteiger partial charge in [-0.05, 0) is 17.7 Å². The quantitative estimate of drug-likeness (QED) is 0.664. The predicted molar refractivity (Wildman–Crippen MR) is 108 cm³/mol. The Bertz CT molecular complexity index is 682. The minimum absolute atomic E-state index is 0.0126. The van der Waals surface area contributed by atoms with Gasteiger partial charge in [0.2, 0.25) is 0 Å². The number of nitrogens with zero attached hydrogens (tertiary/aromatic N) is 3. The van der Waals surface area contributed by atoms with Crippen LogP contribution in [0.1, 0.15) is 11.7 Å². The monoisotopic (exact) mass is 352 g/mol. The number of guanidine groups is 1. The van der Waals surface area contributed by atoms with Crippen LogP contribution in [0.2, 0.25) is 0 Å². The molecule has 2 aromatic rings. The van der Waals surface area contributed by atoms with Gasteiger partial charge in [-0.2, -0.15) is 0 Å². The first kappa shape index (κ1) is 18.3. The predicted octanol–water partition coefficient (Wildman–Crippen LogP) is 2.77. The molecule has 3 rings (SSSR count). The molecule has 1 heterocycles. The molecule has 1 aliphatic heterocycles. The zero-order valence-electron chi connectivity index (χ0n) is 15.6. The molecule has 2 aromatic carbocycles. The first-order valence-corrected chi connectivity index (χ1v) is 9.15. The van der Waals surface area contributed by atoms with Gasteiger partial charge in [0.1, 0.15) is 0 Å². The molecule has 26 heavy (non-hydrogen) atoms. The fourth-order valence-corrected chi connectivity index (χ4v) is 3.34. The van der Waals surface area contributed by atoms with Crippen molar-refractivity contribution in [2.24, 2.45) is 4.99 Å². The van der Waals surface area contributed by atoms with E-state index in [4.69, 9.17) is 4.74 Å². The van der Waals surface area contributed by atoms with E-state index in [1.807, 2.05) is 25.2 Å². The zero-order chi connectivity index (χ0) is 18.2. The van der Waals surface area contributed by atoms with Crippen molar-refractivity contribution < 1.29 is 4.74 Å². The average molecular weight is 352 g/mol. The third-order valence-corrected chi connectivity index (χ3v) is 4.81. The number of aliphatic imine (C=N–C) groups is 1. The summed E-state index contributed by atoms with van der Waals surface area (Å²) in [5.74, 6) is 0.940. The number of hydrogen-bond acceptors (Lipinski definition) is 3. The normalized spacial score (nSPS) is 16.5. The van der Waals surface area contributed by atoms with Gasteiger partial charge >= 0.3 is 0 Å². The second kappa shape index (κ2) is 9.25. The van der Waals surface area contributed by atoms with Gasteiger partial charge in [-0.1, -0.05) is 48.5 Å². The van der Waals surface area contributed by atoms with Crippen molar-refractivity contribution in [3.8, 4) is 0 Å². The molecule has 5 nitrogen and oxygen atoms in total. The van der Waals surface area contributed by atoms with Gasteiger partial charge in [-0.15, -0.1) is 0 Å². The van der Waals surface area contributed by atoms with E-state index in [2.05, 4.69) is 62.6 Å². The lowest BCUT2D eigenvalue weighted by atomic mass is 10.1. The fourth-order valence-electron chi connectivity index (χ4n) is 3.34. The fraction of sp³-hybridized carbons (Fsp3) is 0.381. The average Bonchev–Trinajstić information content (AvgIpc) is 2.73. The van der Waals surface area contributed by atoms with Crippen LogP contribution in [0.25, 0.3) is 0 Å². The molecule has 1 saturated heterocycles. The summed E-state index contributed by atoms with van der Waals surface area (Å²) in [5, 5.41) is 3.48. The van der Waals surface area contributed by atoms with E-state index in [-0.39, 0.29) is 6.10 Å². The molecule has 0 amide bonds. The molecule has 138 valence electrons. The molecule has 1 aliphatic rings. The van der Waals surface area contributed by atoms with E-state index in [1.165, 1.54) is 11.3 Å². The summed E-state index contributed by atoms with van der Waals surface area (Å²) in [6.07, 6.45) is 0.0126. The van der Waals surface area contributed by atoms with Crippen LogP contribution in [-0.2, 0) is 4.74 Å². The summed E-state index contributed by atoms with van der Waals surface area (Å²) in [5.41, 5.74) is 2.46. The highest BCUT2D eigenvalue weighted by atomic mass is 16.5. The molecule has 0 radical (unpaired) electrons. The Labute approximate surface area is 156 Å². The number of anilines is 1. The van der Waals surface area contributed by atoms with Crippen LogP contribution >= 0.6 is 0 Å². The Morgan fingerprint density at radius 1 is 1.00 bits per heavy atom. The van der Waals surface area contributed by atoms with Crippen molar-refractivity contribution in [3.63, 3.8) is 0 Å². The number of rotatable bonds is 5. The lowest BCUT2D eigenvalue weighted by molar-refractivity contribution is 0.105. The largest absolute Gasteiger partial charge is 0.375 e. The topological polar surface area (TPSA) is 40.1 Å². The summed E-state index contributed by atoms with van der Waals surface area (Å²) < 4.78 is 5.65. The van der Waals surface area contributed by atoms with Crippen LogP contribution in [0.15, 0.2) is 65.7 Å². The van der Waals surface area contributed by atoms with E-state index in [9.17, 15) is 0 Å². The van der Waals surface area contributed by atoms with Gasteiger partial charge in [-0.3, -0.25) is 4.99 Å². The minimum atomic E-state index is 0.0126. The highest BCUT2D eigenvalue weighted by Crippen LogP contribution is 2.17. The number of hydrogen-bond donors (Lipinski definition) is 1. The zero-order valence-corrected chi connectivity index (χ0v) is 15.6. The highest BCUT2D eigenvalue weighted by molar-refractivity contribution is 5.80. The van der Waals surface area contributed by atoms with E-state index in [1.54, 1.807) is 7.11 Å². The van der Waals surface area contributed by atoms with Gasteiger partial charge in [0.25, 0.3) is 0 Å². The van der Waals surface area contributed by atoms with Crippen LogP contribution < -0.4 is 10.2 Å². The summed E-state index contributed by atoms with van der Waals surface area (Å²) in [4.78, 5) is 9.21. The van der Waals surface area contributed by atoms with Crippen LogP contribution in [0, 0.1) is 0 Å². The summed E-state index contributed by atoms with van der Waals surface area (Å²) in [6.45, 7) is 4.61. The van der Waals surface area contributed by atoms with Gasteiger partial charge < -0.3 is 19.9 Å². The Kier molecular flexibility index (Phi) is 6.50. The Hall–Kier alpha value is -2.53. The molecule has 0 bridgehead atoms. The number of para-hydroxylation sites is 1. The van der Waals surface area contributed by atoms with E-state index in [0.29, 0.717) is 6.54 Å². The number of ether oxygens (including phenoxy) is 1. The van der Waals surface area contributed by atoms with Crippen molar-refractivity contribution in [1.82, 2.24) is 10.2 Å². The van der Waals surface area contributed by atoms with E-state index in [0.717, 1.165) is 32.1 Å². The number of nitrogens with one attached hydrogen (secondary N) is 1. The molecule has 0 aliphatic carbocycles. The van der Waals surface area contributed by atoms with E-state index >= 15 is 0 Å². The van der Waals surface area contributed by atoms with Crippen LogP contribution in [0.3, 0.4) is 0 Å². The Morgan fingerprint density at radius 2 is 1.62 bits per heavy atom.